The quantitative estimate of drug-likeness (QED) is 0.413. The van der Waals surface area contributed by atoms with Crippen LogP contribution >= 0.6 is 22.7 Å². The number of anilines is 1. The van der Waals surface area contributed by atoms with Gasteiger partial charge in [-0.05, 0) is 43.3 Å². The predicted octanol–water partition coefficient (Wildman–Crippen LogP) is 4.82. The number of carbonyl (C=O) groups excluding carboxylic acids is 1. The van der Waals surface area contributed by atoms with E-state index in [1.165, 1.54) is 10.4 Å². The smallest absolute Gasteiger partial charge is 0.226 e. The van der Waals surface area contributed by atoms with Crippen LogP contribution in [0.4, 0.5) is 5.00 Å². The molecule has 0 bridgehead atoms. The Labute approximate surface area is 200 Å². The van der Waals surface area contributed by atoms with Gasteiger partial charge in [0.2, 0.25) is 5.91 Å². The van der Waals surface area contributed by atoms with Gasteiger partial charge >= 0.3 is 0 Å². The van der Waals surface area contributed by atoms with Crippen molar-refractivity contribution in [2.45, 2.75) is 24.3 Å². The molecule has 0 radical (unpaired) electrons. The molecule has 6 nitrogen and oxygen atoms in total. The van der Waals surface area contributed by atoms with E-state index in [4.69, 9.17) is 4.98 Å². The second-order valence-electron chi connectivity index (χ2n) is 8.11. The molecule has 1 aliphatic heterocycles. The predicted molar refractivity (Wildman–Crippen MR) is 135 cm³/mol. The lowest BCUT2D eigenvalue weighted by Gasteiger charge is -2.22. The van der Waals surface area contributed by atoms with E-state index >= 15 is 0 Å². The first-order chi connectivity index (χ1) is 15.9. The number of fused-ring (bicyclic) bond motifs is 2. The van der Waals surface area contributed by atoms with Crippen LogP contribution in [-0.2, 0) is 27.6 Å². The number of rotatable bonds is 6. The Hall–Kier alpha value is -2.59. The summed E-state index contributed by atoms with van der Waals surface area (Å²) < 4.78 is 26.3. The van der Waals surface area contributed by atoms with Gasteiger partial charge in [0.1, 0.15) is 10.0 Å². The molecule has 0 saturated carbocycles. The first-order valence-electron chi connectivity index (χ1n) is 10.7. The highest BCUT2D eigenvalue weighted by atomic mass is 32.2. The van der Waals surface area contributed by atoms with Crippen molar-refractivity contribution < 1.29 is 13.2 Å². The van der Waals surface area contributed by atoms with Crippen LogP contribution in [-0.4, -0.2) is 43.6 Å². The molecule has 0 unspecified atom stereocenters. The number of aromatic nitrogens is 1. The summed E-state index contributed by atoms with van der Waals surface area (Å²) >= 11 is 3.19. The maximum absolute atomic E-state index is 12.8. The Kier molecular flexibility index (Phi) is 6.05. The van der Waals surface area contributed by atoms with E-state index < -0.39 is 9.84 Å². The van der Waals surface area contributed by atoms with Gasteiger partial charge in [0, 0.05) is 30.0 Å². The average Bonchev–Trinajstić information content (AvgIpc) is 3.38. The molecule has 2 aromatic heterocycles. The van der Waals surface area contributed by atoms with Crippen molar-refractivity contribution in [3.63, 3.8) is 0 Å². The molecular weight excluding hydrogens is 474 g/mol. The number of benzene rings is 2. The molecule has 9 heteroatoms. The van der Waals surface area contributed by atoms with Gasteiger partial charge in [0.25, 0.3) is 0 Å². The van der Waals surface area contributed by atoms with Crippen LogP contribution in [0, 0.1) is 0 Å². The van der Waals surface area contributed by atoms with Crippen LogP contribution in [0.25, 0.3) is 20.8 Å². The Balaban J connectivity index is 1.42. The minimum atomic E-state index is -3.51. The third-order valence-corrected chi connectivity index (χ3v) is 9.63. The summed E-state index contributed by atoms with van der Waals surface area (Å²) in [6.07, 6.45) is 0.796. The second-order valence-corrected chi connectivity index (χ2v) is 12.4. The van der Waals surface area contributed by atoms with Crippen molar-refractivity contribution in [1.82, 2.24) is 9.88 Å². The van der Waals surface area contributed by atoms with Crippen LogP contribution in [0.3, 0.4) is 0 Å². The summed E-state index contributed by atoms with van der Waals surface area (Å²) in [7, 11) is -1.42. The molecule has 1 aliphatic rings. The van der Waals surface area contributed by atoms with Crippen molar-refractivity contribution in [2.24, 2.45) is 0 Å². The van der Waals surface area contributed by atoms with E-state index in [2.05, 4.69) is 23.3 Å². The Morgan fingerprint density at radius 1 is 1.09 bits per heavy atom. The van der Waals surface area contributed by atoms with E-state index in [0.717, 1.165) is 45.3 Å². The fourth-order valence-corrected chi connectivity index (χ4v) is 7.70. The number of likely N-dealkylation sites (N-methyl/N-ethyl adjacent to an activating group) is 1. The molecule has 5 rings (SSSR count). The molecule has 4 aromatic rings. The summed E-state index contributed by atoms with van der Waals surface area (Å²) in [5.74, 6) is -0.531. The van der Waals surface area contributed by atoms with Gasteiger partial charge in [-0.15, -0.1) is 22.7 Å². The Bertz CT molecular complexity index is 1390. The molecule has 0 atom stereocenters. The van der Waals surface area contributed by atoms with E-state index in [0.29, 0.717) is 0 Å². The number of para-hydroxylation sites is 1. The Morgan fingerprint density at radius 3 is 2.64 bits per heavy atom. The number of hydrogen-bond acceptors (Lipinski definition) is 7. The number of hydrogen-bond donors (Lipinski definition) is 1. The molecular formula is C24H23N3O3S3. The number of sulfone groups is 1. The van der Waals surface area contributed by atoms with Gasteiger partial charge in [0.15, 0.2) is 9.84 Å². The van der Waals surface area contributed by atoms with E-state index in [9.17, 15) is 13.2 Å². The molecule has 33 heavy (non-hydrogen) atoms. The van der Waals surface area contributed by atoms with Crippen molar-refractivity contribution >= 4 is 53.6 Å². The third kappa shape index (κ3) is 4.59. The van der Waals surface area contributed by atoms with Gasteiger partial charge in [-0.3, -0.25) is 4.79 Å². The molecule has 0 spiro atoms. The van der Waals surface area contributed by atoms with Crippen molar-refractivity contribution in [2.75, 3.05) is 24.7 Å². The van der Waals surface area contributed by atoms with Gasteiger partial charge < -0.3 is 10.2 Å². The van der Waals surface area contributed by atoms with Crippen LogP contribution in [0.5, 0.6) is 0 Å². The normalized spacial score (nSPS) is 14.3. The van der Waals surface area contributed by atoms with Crippen molar-refractivity contribution in [1.29, 1.82) is 0 Å². The van der Waals surface area contributed by atoms with Gasteiger partial charge in [-0.1, -0.05) is 30.3 Å². The Morgan fingerprint density at radius 2 is 1.85 bits per heavy atom. The first-order valence-corrected chi connectivity index (χ1v) is 14.0. The fraction of sp³-hybridized carbons (Fsp3) is 0.250. The van der Waals surface area contributed by atoms with Crippen LogP contribution in [0.1, 0.15) is 16.9 Å². The second kappa shape index (κ2) is 8.98. The summed E-state index contributed by atoms with van der Waals surface area (Å²) in [5.41, 5.74) is 3.17. The lowest BCUT2D eigenvalue weighted by molar-refractivity contribution is -0.115. The van der Waals surface area contributed by atoms with E-state index in [1.807, 2.05) is 18.2 Å². The first kappa shape index (κ1) is 22.2. The zero-order chi connectivity index (χ0) is 23.0. The third-order valence-electron chi connectivity index (χ3n) is 5.71. The monoisotopic (exact) mass is 497 g/mol. The maximum atomic E-state index is 12.8. The van der Waals surface area contributed by atoms with E-state index in [1.54, 1.807) is 53.0 Å². The highest BCUT2D eigenvalue weighted by Gasteiger charge is 2.27. The van der Waals surface area contributed by atoms with Crippen LogP contribution < -0.4 is 5.32 Å². The van der Waals surface area contributed by atoms with Gasteiger partial charge in [0.05, 0.1) is 20.9 Å². The minimum absolute atomic E-state index is 0.0982. The highest BCUT2D eigenvalue weighted by Crippen LogP contribution is 2.45. The molecule has 0 saturated heterocycles. The minimum Gasteiger partial charge on any atom is -0.317 e. The largest absolute Gasteiger partial charge is 0.317 e. The zero-order valence-corrected chi connectivity index (χ0v) is 20.5. The van der Waals surface area contributed by atoms with Gasteiger partial charge in [-0.2, -0.15) is 0 Å². The van der Waals surface area contributed by atoms with E-state index in [-0.39, 0.29) is 23.0 Å². The average molecular weight is 498 g/mol. The summed E-state index contributed by atoms with van der Waals surface area (Å²) in [6.45, 7) is 1.78. The number of thiophene rings is 1. The highest BCUT2D eigenvalue weighted by molar-refractivity contribution is 7.91. The number of thiazole rings is 1. The molecule has 170 valence electrons. The number of carbonyl (C=O) groups is 1. The van der Waals surface area contributed by atoms with Crippen LogP contribution in [0.15, 0.2) is 59.5 Å². The number of nitrogens with one attached hydrogen (secondary N) is 1. The van der Waals surface area contributed by atoms with Gasteiger partial charge in [-0.25, -0.2) is 13.4 Å². The lowest BCUT2D eigenvalue weighted by Crippen LogP contribution is -2.25. The molecule has 0 aliphatic carbocycles. The SMILES string of the molecule is CN1CCc2c(sc(NC(=O)CCS(=O)(=O)c3ccccc3)c2-c2nc3ccccc3s2)C1. The van der Waals surface area contributed by atoms with Crippen LogP contribution in [0.2, 0.25) is 0 Å². The summed E-state index contributed by atoms with van der Waals surface area (Å²) in [6, 6.07) is 16.3. The summed E-state index contributed by atoms with van der Waals surface area (Å²) in [4.78, 5) is 21.4. The molecule has 1 N–H and O–H groups in total. The number of amides is 1. The molecule has 1 amide bonds. The maximum Gasteiger partial charge on any atom is 0.226 e. The lowest BCUT2D eigenvalue weighted by atomic mass is 10.0. The molecule has 3 heterocycles. The topological polar surface area (TPSA) is 79.4 Å². The molecule has 2 aromatic carbocycles. The fourth-order valence-electron chi connectivity index (χ4n) is 3.99. The molecule has 0 fully saturated rings. The zero-order valence-electron chi connectivity index (χ0n) is 18.1. The van der Waals surface area contributed by atoms with Crippen molar-refractivity contribution in [3.8, 4) is 10.6 Å². The number of nitrogens with zero attached hydrogens (tertiary/aromatic N) is 2. The standard InChI is InChI=1S/C24H23N3O3S3/c1-27-13-11-17-20(15-27)32-24(22(17)23-25-18-9-5-6-10-19(18)31-23)26-21(28)12-14-33(29,30)16-7-3-2-4-8-16/h2-10H,11-15H2,1H3,(H,26,28). The summed E-state index contributed by atoms with van der Waals surface area (Å²) in [5, 5.41) is 4.67. The van der Waals surface area contributed by atoms with Crippen molar-refractivity contribution in [3.05, 3.63) is 65.0 Å².